The Kier molecular flexibility index (Phi) is 7.26. The summed E-state index contributed by atoms with van der Waals surface area (Å²) in [5.41, 5.74) is 13.1. The number of benzene rings is 6. The highest BCUT2D eigenvalue weighted by molar-refractivity contribution is 7.19. The first kappa shape index (κ1) is 26.0. The second-order valence-corrected chi connectivity index (χ2v) is 13.7. The Morgan fingerprint density at radius 1 is 0.317 bits per heavy atom. The van der Waals surface area contributed by atoms with Crippen LogP contribution in [0.4, 0.5) is 11.4 Å². The fraction of sp³-hybridized carbons (Fsp3) is 0. The Morgan fingerprint density at radius 2 is 0.585 bits per heavy atom. The van der Waals surface area contributed by atoms with Crippen LogP contribution in [0.1, 0.15) is 0 Å². The predicted octanol–water partition coefficient (Wildman–Crippen LogP) is 5.81. The van der Waals surface area contributed by atoms with Crippen molar-refractivity contribution in [3.8, 4) is 23.0 Å². The minimum Gasteiger partial charge on any atom is -0.457 e. The summed E-state index contributed by atoms with van der Waals surface area (Å²) in [6.07, 6.45) is 0. The van der Waals surface area contributed by atoms with Crippen LogP contribution in [0.2, 0.25) is 0 Å². The average Bonchev–Trinajstić information content (AvgIpc) is 3.02. The lowest BCUT2D eigenvalue weighted by Gasteiger charge is -2.34. The molecular formula is C36H30N2O2Si. The van der Waals surface area contributed by atoms with Crippen LogP contribution in [0.15, 0.2) is 158 Å². The van der Waals surface area contributed by atoms with Gasteiger partial charge in [-0.2, -0.15) is 0 Å². The van der Waals surface area contributed by atoms with Crippen molar-refractivity contribution >= 4 is 40.2 Å². The molecule has 4 nitrogen and oxygen atoms in total. The van der Waals surface area contributed by atoms with Crippen molar-refractivity contribution in [2.45, 2.75) is 0 Å². The third kappa shape index (κ3) is 5.44. The van der Waals surface area contributed by atoms with Gasteiger partial charge in [0, 0.05) is 11.4 Å². The molecule has 6 aromatic rings. The molecule has 0 spiro atoms. The van der Waals surface area contributed by atoms with E-state index < -0.39 is 8.07 Å². The van der Waals surface area contributed by atoms with Crippen molar-refractivity contribution in [3.63, 3.8) is 0 Å². The number of rotatable bonds is 8. The van der Waals surface area contributed by atoms with E-state index in [-0.39, 0.29) is 0 Å². The van der Waals surface area contributed by atoms with Crippen molar-refractivity contribution in [1.29, 1.82) is 0 Å². The zero-order chi connectivity index (χ0) is 28.1. The minimum atomic E-state index is -2.69. The van der Waals surface area contributed by atoms with E-state index >= 15 is 0 Å². The first-order valence-electron chi connectivity index (χ1n) is 13.5. The summed E-state index contributed by atoms with van der Waals surface area (Å²) in [5, 5.41) is 5.11. The molecule has 0 atom stereocenters. The Balaban J connectivity index is 1.45. The molecule has 0 heterocycles. The first-order chi connectivity index (χ1) is 20.1. The van der Waals surface area contributed by atoms with Gasteiger partial charge in [0.05, 0.1) is 0 Å². The predicted molar refractivity (Wildman–Crippen MR) is 172 cm³/mol. The SMILES string of the molecule is Nc1ccc(Oc2ccc([Si](c3ccccc3)(c3ccccc3)c3ccc(Oc4ccc(N)cc4)cc3)cc2)cc1. The van der Waals surface area contributed by atoms with E-state index in [4.69, 9.17) is 20.9 Å². The number of anilines is 2. The van der Waals surface area contributed by atoms with Gasteiger partial charge >= 0.3 is 0 Å². The van der Waals surface area contributed by atoms with Crippen LogP contribution in [0.25, 0.3) is 0 Å². The van der Waals surface area contributed by atoms with Gasteiger partial charge in [-0.15, -0.1) is 0 Å². The lowest BCUT2D eigenvalue weighted by molar-refractivity contribution is 0.482. The van der Waals surface area contributed by atoms with Crippen LogP contribution in [0.3, 0.4) is 0 Å². The highest BCUT2D eigenvalue weighted by atomic mass is 28.3. The number of ether oxygens (including phenoxy) is 2. The maximum atomic E-state index is 6.13. The maximum absolute atomic E-state index is 6.13. The van der Waals surface area contributed by atoms with Crippen LogP contribution in [-0.4, -0.2) is 8.07 Å². The summed E-state index contributed by atoms with van der Waals surface area (Å²) in [6, 6.07) is 53.5. The topological polar surface area (TPSA) is 70.5 Å². The summed E-state index contributed by atoms with van der Waals surface area (Å²) in [6.45, 7) is 0. The molecule has 0 unspecified atom stereocenters. The van der Waals surface area contributed by atoms with Gasteiger partial charge in [0.15, 0.2) is 8.07 Å². The van der Waals surface area contributed by atoms with Gasteiger partial charge in [-0.1, -0.05) is 84.9 Å². The Hall–Kier alpha value is -5.26. The molecule has 200 valence electrons. The minimum absolute atomic E-state index is 0.707. The van der Waals surface area contributed by atoms with E-state index in [1.165, 1.54) is 20.7 Å². The van der Waals surface area contributed by atoms with Crippen molar-refractivity contribution in [3.05, 3.63) is 158 Å². The van der Waals surface area contributed by atoms with E-state index in [2.05, 4.69) is 109 Å². The molecule has 5 heteroatoms. The monoisotopic (exact) mass is 550 g/mol. The van der Waals surface area contributed by atoms with E-state index in [9.17, 15) is 0 Å². The van der Waals surface area contributed by atoms with Crippen molar-refractivity contribution < 1.29 is 9.47 Å². The molecule has 0 saturated carbocycles. The second-order valence-electron chi connectivity index (χ2n) is 9.87. The highest BCUT2D eigenvalue weighted by Gasteiger charge is 2.41. The third-order valence-electron chi connectivity index (χ3n) is 7.22. The Labute approximate surface area is 241 Å². The van der Waals surface area contributed by atoms with E-state index in [1.807, 2.05) is 48.5 Å². The third-order valence-corrected chi connectivity index (χ3v) is 12.0. The molecule has 41 heavy (non-hydrogen) atoms. The van der Waals surface area contributed by atoms with Crippen molar-refractivity contribution in [1.82, 2.24) is 0 Å². The van der Waals surface area contributed by atoms with Gasteiger partial charge in [-0.05, 0) is 93.5 Å². The lowest BCUT2D eigenvalue weighted by Crippen LogP contribution is -2.74. The highest BCUT2D eigenvalue weighted by Crippen LogP contribution is 2.24. The smallest absolute Gasteiger partial charge is 0.179 e. The fourth-order valence-corrected chi connectivity index (χ4v) is 9.98. The van der Waals surface area contributed by atoms with Gasteiger partial charge in [0.2, 0.25) is 0 Å². The largest absolute Gasteiger partial charge is 0.457 e. The zero-order valence-corrected chi connectivity index (χ0v) is 23.5. The van der Waals surface area contributed by atoms with Crippen LogP contribution in [0.5, 0.6) is 23.0 Å². The van der Waals surface area contributed by atoms with Gasteiger partial charge in [-0.25, -0.2) is 0 Å². The number of nitrogens with two attached hydrogens (primary N) is 2. The van der Waals surface area contributed by atoms with Crippen molar-refractivity contribution in [2.75, 3.05) is 11.5 Å². The van der Waals surface area contributed by atoms with Gasteiger partial charge < -0.3 is 20.9 Å². The standard InChI is InChI=1S/C36H30N2O2Si/c37-27-11-15-29(16-12-27)39-31-19-23-35(24-20-31)41(33-7-3-1-4-8-33,34-9-5-2-6-10-34)36-25-21-32(22-26-36)40-30-17-13-28(38)14-18-30/h1-26H,37-38H2. The molecular weight excluding hydrogens is 520 g/mol. The Morgan fingerprint density at radius 3 is 0.902 bits per heavy atom. The average molecular weight is 551 g/mol. The summed E-state index contributed by atoms with van der Waals surface area (Å²) in [7, 11) is -2.69. The fourth-order valence-electron chi connectivity index (χ4n) is 5.27. The van der Waals surface area contributed by atoms with Crippen LogP contribution >= 0.6 is 0 Å². The van der Waals surface area contributed by atoms with E-state index in [0.717, 1.165) is 23.0 Å². The van der Waals surface area contributed by atoms with Crippen LogP contribution in [0, 0.1) is 0 Å². The molecule has 0 aliphatic carbocycles. The summed E-state index contributed by atoms with van der Waals surface area (Å²) >= 11 is 0. The molecule has 0 radical (unpaired) electrons. The first-order valence-corrected chi connectivity index (χ1v) is 15.5. The summed E-state index contributed by atoms with van der Waals surface area (Å²) in [5.74, 6) is 3.04. The van der Waals surface area contributed by atoms with E-state index in [1.54, 1.807) is 0 Å². The Bertz CT molecular complexity index is 1570. The molecule has 0 aliphatic rings. The summed E-state index contributed by atoms with van der Waals surface area (Å²) < 4.78 is 12.3. The quantitative estimate of drug-likeness (QED) is 0.143. The number of hydrogen-bond donors (Lipinski definition) is 2. The van der Waals surface area contributed by atoms with Crippen LogP contribution < -0.4 is 41.7 Å². The molecule has 0 amide bonds. The van der Waals surface area contributed by atoms with Gasteiger partial charge in [0.25, 0.3) is 0 Å². The molecule has 0 bridgehead atoms. The number of nitrogen functional groups attached to an aromatic ring is 2. The normalized spacial score (nSPS) is 11.1. The van der Waals surface area contributed by atoms with E-state index in [0.29, 0.717) is 11.4 Å². The van der Waals surface area contributed by atoms with Gasteiger partial charge in [0.1, 0.15) is 23.0 Å². The molecule has 4 N–H and O–H groups in total. The number of hydrogen-bond acceptors (Lipinski definition) is 4. The van der Waals surface area contributed by atoms with Crippen molar-refractivity contribution in [2.24, 2.45) is 0 Å². The molecule has 6 aromatic carbocycles. The molecule has 0 fully saturated rings. The van der Waals surface area contributed by atoms with Crippen LogP contribution in [-0.2, 0) is 0 Å². The summed E-state index contributed by atoms with van der Waals surface area (Å²) in [4.78, 5) is 0. The molecule has 6 rings (SSSR count). The van der Waals surface area contributed by atoms with Gasteiger partial charge in [-0.3, -0.25) is 0 Å². The zero-order valence-electron chi connectivity index (χ0n) is 22.5. The second kappa shape index (κ2) is 11.5. The molecule has 0 aromatic heterocycles. The lowest BCUT2D eigenvalue weighted by atomic mass is 10.3. The maximum Gasteiger partial charge on any atom is 0.179 e. The molecule has 0 saturated heterocycles. The molecule has 0 aliphatic heterocycles.